The molecule has 1 aromatic heterocycles. The van der Waals surface area contributed by atoms with Gasteiger partial charge in [-0.05, 0) is 31.2 Å². The van der Waals surface area contributed by atoms with E-state index in [0.29, 0.717) is 22.0 Å². The Balaban J connectivity index is 2.28. The first-order valence-corrected chi connectivity index (χ1v) is 5.68. The van der Waals surface area contributed by atoms with Crippen molar-refractivity contribution in [3.05, 3.63) is 52.7 Å². The normalized spacial score (nSPS) is 10.1. The van der Waals surface area contributed by atoms with Crippen LogP contribution in [0, 0.1) is 6.92 Å². The minimum absolute atomic E-state index is 0.0785. The van der Waals surface area contributed by atoms with Crippen molar-refractivity contribution in [2.45, 2.75) is 6.92 Å². The summed E-state index contributed by atoms with van der Waals surface area (Å²) >= 11 is 5.90. The molecule has 0 spiro atoms. The molecule has 0 bridgehead atoms. The Labute approximate surface area is 109 Å². The number of amides is 1. The molecule has 2 aromatic rings. The highest BCUT2D eigenvalue weighted by Gasteiger charge is 2.13. The average Bonchev–Trinajstić information content (AvgIpc) is 2.35. The summed E-state index contributed by atoms with van der Waals surface area (Å²) in [6, 6.07) is 8.08. The fourth-order valence-electron chi connectivity index (χ4n) is 1.52. The highest BCUT2D eigenvalue weighted by atomic mass is 35.5. The molecule has 1 amide bonds. The van der Waals surface area contributed by atoms with Crippen LogP contribution in [0.5, 0.6) is 5.75 Å². The first-order chi connectivity index (χ1) is 8.59. The van der Waals surface area contributed by atoms with Crippen LogP contribution < -0.4 is 5.32 Å². The third kappa shape index (κ3) is 2.43. The zero-order valence-corrected chi connectivity index (χ0v) is 10.4. The second-order valence-electron chi connectivity index (χ2n) is 3.74. The van der Waals surface area contributed by atoms with Gasteiger partial charge in [0.15, 0.2) is 5.82 Å². The van der Waals surface area contributed by atoms with Crippen LogP contribution in [0.25, 0.3) is 0 Å². The number of halogens is 1. The van der Waals surface area contributed by atoms with Crippen LogP contribution in [-0.4, -0.2) is 16.0 Å². The fourth-order valence-corrected chi connectivity index (χ4v) is 1.69. The van der Waals surface area contributed by atoms with Gasteiger partial charge in [0.05, 0.1) is 5.02 Å². The van der Waals surface area contributed by atoms with Crippen molar-refractivity contribution in [2.24, 2.45) is 0 Å². The van der Waals surface area contributed by atoms with E-state index in [1.807, 2.05) is 0 Å². The van der Waals surface area contributed by atoms with Crippen LogP contribution in [0.3, 0.4) is 0 Å². The van der Waals surface area contributed by atoms with Gasteiger partial charge in [0.1, 0.15) is 5.75 Å². The minimum Gasteiger partial charge on any atom is -0.508 e. The predicted octanol–water partition coefficient (Wildman–Crippen LogP) is 3.00. The van der Waals surface area contributed by atoms with Crippen molar-refractivity contribution in [1.82, 2.24) is 4.98 Å². The van der Waals surface area contributed by atoms with Gasteiger partial charge in [-0.1, -0.05) is 17.7 Å². The van der Waals surface area contributed by atoms with E-state index in [-0.39, 0.29) is 11.7 Å². The van der Waals surface area contributed by atoms with Crippen LogP contribution in [0.15, 0.2) is 36.5 Å². The van der Waals surface area contributed by atoms with Crippen molar-refractivity contribution in [3.8, 4) is 5.75 Å². The van der Waals surface area contributed by atoms with E-state index in [4.69, 9.17) is 11.6 Å². The molecule has 0 unspecified atom stereocenters. The van der Waals surface area contributed by atoms with Crippen molar-refractivity contribution in [1.29, 1.82) is 0 Å². The molecule has 2 rings (SSSR count). The number of carbonyl (C=O) groups is 1. The Morgan fingerprint density at radius 3 is 2.83 bits per heavy atom. The molecule has 1 heterocycles. The lowest BCUT2D eigenvalue weighted by atomic mass is 10.1. The minimum atomic E-state index is -0.357. The van der Waals surface area contributed by atoms with Crippen LogP contribution in [0.1, 0.15) is 15.9 Å². The van der Waals surface area contributed by atoms with E-state index >= 15 is 0 Å². The Hall–Kier alpha value is -2.07. The highest BCUT2D eigenvalue weighted by Crippen LogP contribution is 2.22. The summed E-state index contributed by atoms with van der Waals surface area (Å²) in [5.74, 6) is 0.0191. The number of aromatic nitrogens is 1. The Morgan fingerprint density at radius 2 is 2.11 bits per heavy atom. The number of rotatable bonds is 2. The Morgan fingerprint density at radius 1 is 1.33 bits per heavy atom. The number of hydrogen-bond acceptors (Lipinski definition) is 3. The van der Waals surface area contributed by atoms with Gasteiger partial charge >= 0.3 is 0 Å². The zero-order valence-electron chi connectivity index (χ0n) is 9.64. The molecule has 1 aromatic carbocycles. The van der Waals surface area contributed by atoms with E-state index in [1.165, 1.54) is 12.3 Å². The molecule has 4 nitrogen and oxygen atoms in total. The maximum atomic E-state index is 12.0. The number of benzene rings is 1. The number of nitrogens with zero attached hydrogens (tertiary/aromatic N) is 1. The number of phenols is 1. The molecule has 2 N–H and O–H groups in total. The first-order valence-electron chi connectivity index (χ1n) is 5.30. The summed E-state index contributed by atoms with van der Waals surface area (Å²) in [6.45, 7) is 1.67. The van der Waals surface area contributed by atoms with E-state index in [1.54, 1.807) is 31.2 Å². The molecule has 92 valence electrons. The zero-order chi connectivity index (χ0) is 13.1. The molecule has 0 fully saturated rings. The lowest BCUT2D eigenvalue weighted by molar-refractivity contribution is 0.102. The summed E-state index contributed by atoms with van der Waals surface area (Å²) in [5.41, 5.74) is 0.902. The smallest absolute Gasteiger partial charge is 0.257 e. The number of phenolic OH excluding ortho intramolecular Hbond substituents is 1. The van der Waals surface area contributed by atoms with Crippen LogP contribution in [0.4, 0.5) is 5.82 Å². The Kier molecular flexibility index (Phi) is 3.48. The summed E-state index contributed by atoms with van der Waals surface area (Å²) in [7, 11) is 0. The third-order valence-electron chi connectivity index (χ3n) is 2.54. The molecule has 0 atom stereocenters. The van der Waals surface area contributed by atoms with Gasteiger partial charge in [-0.15, -0.1) is 0 Å². The van der Waals surface area contributed by atoms with Gasteiger partial charge in [-0.3, -0.25) is 4.79 Å². The second-order valence-corrected chi connectivity index (χ2v) is 4.14. The number of aromatic hydroxyl groups is 1. The fraction of sp³-hybridized carbons (Fsp3) is 0.0769. The van der Waals surface area contributed by atoms with Crippen LogP contribution in [0.2, 0.25) is 5.02 Å². The number of carbonyl (C=O) groups excluding carboxylic acids is 1. The lowest BCUT2D eigenvalue weighted by Gasteiger charge is -2.08. The quantitative estimate of drug-likeness (QED) is 0.875. The molecular weight excluding hydrogens is 252 g/mol. The van der Waals surface area contributed by atoms with Gasteiger partial charge in [0.2, 0.25) is 0 Å². The van der Waals surface area contributed by atoms with E-state index in [2.05, 4.69) is 10.3 Å². The van der Waals surface area contributed by atoms with E-state index in [0.717, 1.165) is 0 Å². The molecule has 0 aliphatic heterocycles. The SMILES string of the molecule is Cc1c(O)cccc1C(=O)Nc1ncccc1Cl. The molecule has 5 heteroatoms. The summed E-state index contributed by atoms with van der Waals surface area (Å²) in [4.78, 5) is 16.0. The Bertz CT molecular complexity index is 599. The molecule has 0 aliphatic carbocycles. The van der Waals surface area contributed by atoms with E-state index in [9.17, 15) is 9.90 Å². The van der Waals surface area contributed by atoms with Gasteiger partial charge in [0.25, 0.3) is 5.91 Å². The second kappa shape index (κ2) is 5.06. The molecule has 0 radical (unpaired) electrons. The largest absolute Gasteiger partial charge is 0.508 e. The molecular formula is C13H11ClN2O2. The lowest BCUT2D eigenvalue weighted by Crippen LogP contribution is -2.14. The highest BCUT2D eigenvalue weighted by molar-refractivity contribution is 6.33. The number of nitrogens with one attached hydrogen (secondary N) is 1. The predicted molar refractivity (Wildman–Crippen MR) is 70.0 cm³/mol. The molecule has 0 saturated carbocycles. The van der Waals surface area contributed by atoms with Crippen molar-refractivity contribution < 1.29 is 9.90 Å². The van der Waals surface area contributed by atoms with Crippen molar-refractivity contribution >= 4 is 23.3 Å². The van der Waals surface area contributed by atoms with Gasteiger partial charge in [0, 0.05) is 17.3 Å². The average molecular weight is 263 g/mol. The van der Waals surface area contributed by atoms with Gasteiger partial charge in [-0.25, -0.2) is 4.98 Å². The van der Waals surface area contributed by atoms with Gasteiger partial charge < -0.3 is 10.4 Å². The van der Waals surface area contributed by atoms with Crippen LogP contribution in [-0.2, 0) is 0 Å². The van der Waals surface area contributed by atoms with Crippen molar-refractivity contribution in [2.75, 3.05) is 5.32 Å². The van der Waals surface area contributed by atoms with Crippen LogP contribution >= 0.6 is 11.6 Å². The first kappa shape index (κ1) is 12.4. The number of pyridine rings is 1. The number of anilines is 1. The topological polar surface area (TPSA) is 62.2 Å². The summed E-state index contributed by atoms with van der Waals surface area (Å²) in [5, 5.41) is 12.5. The van der Waals surface area contributed by atoms with Gasteiger partial charge in [-0.2, -0.15) is 0 Å². The monoisotopic (exact) mass is 262 g/mol. The molecule has 0 saturated heterocycles. The van der Waals surface area contributed by atoms with E-state index < -0.39 is 0 Å². The molecule has 0 aliphatic rings. The summed E-state index contributed by atoms with van der Waals surface area (Å²) < 4.78 is 0. The standard InChI is InChI=1S/C13H11ClN2O2/c1-8-9(4-2-6-11(8)17)13(18)16-12-10(14)5-3-7-15-12/h2-7,17H,1H3,(H,15,16,18). The maximum absolute atomic E-state index is 12.0. The summed E-state index contributed by atoms with van der Waals surface area (Å²) in [6.07, 6.45) is 1.54. The maximum Gasteiger partial charge on any atom is 0.257 e. The van der Waals surface area contributed by atoms with Crippen molar-refractivity contribution in [3.63, 3.8) is 0 Å². The molecule has 18 heavy (non-hydrogen) atoms. The third-order valence-corrected chi connectivity index (χ3v) is 2.85. The number of hydrogen-bond donors (Lipinski definition) is 2.